The monoisotopic (exact) mass is 351 g/mol. The number of rotatable bonds is 6. The topological polar surface area (TPSA) is 64.2 Å². The minimum Gasteiger partial charge on any atom is -0.494 e. The minimum atomic E-state index is -3.44. The van der Waals surface area contributed by atoms with Gasteiger partial charge in [-0.2, -0.15) is 4.31 Å². The van der Waals surface area contributed by atoms with Crippen LogP contribution in [0.25, 0.3) is 0 Å². The molecule has 1 aromatic carbocycles. The number of benzene rings is 1. The second-order valence-corrected chi connectivity index (χ2v) is 7.75. The molecule has 2 heterocycles. The molecule has 1 aromatic heterocycles. The molecule has 1 saturated heterocycles. The van der Waals surface area contributed by atoms with Crippen LogP contribution in [0.1, 0.15) is 12.7 Å². The molecule has 0 radical (unpaired) electrons. The Morgan fingerprint density at radius 3 is 2.46 bits per heavy atom. The van der Waals surface area contributed by atoms with Crippen molar-refractivity contribution < 1.29 is 22.5 Å². The Hall–Kier alpha value is -1.83. The van der Waals surface area contributed by atoms with E-state index in [0.717, 1.165) is 25.4 Å². The number of hydrogen-bond acceptors (Lipinski definition) is 4. The van der Waals surface area contributed by atoms with Gasteiger partial charge in [-0.05, 0) is 43.3 Å². The van der Waals surface area contributed by atoms with Crippen molar-refractivity contribution >= 4 is 10.0 Å². The summed E-state index contributed by atoms with van der Waals surface area (Å²) in [6.07, 6.45) is 1.67. The van der Waals surface area contributed by atoms with Crippen molar-refractivity contribution in [2.75, 3.05) is 32.8 Å². The molecule has 24 heavy (non-hydrogen) atoms. The molecule has 1 aliphatic rings. The molecule has 130 valence electrons. The van der Waals surface area contributed by atoms with Gasteiger partial charge < -0.3 is 14.1 Å². The second kappa shape index (κ2) is 7.38. The first-order valence-corrected chi connectivity index (χ1v) is 9.62. The van der Waals surface area contributed by atoms with Crippen molar-refractivity contribution in [3.05, 3.63) is 48.4 Å². The van der Waals surface area contributed by atoms with E-state index in [1.54, 1.807) is 34.8 Å². The molecule has 7 heteroatoms. The third-order valence-corrected chi connectivity index (χ3v) is 6.12. The average Bonchev–Trinajstić information content (AvgIpc) is 3.09. The Morgan fingerprint density at radius 1 is 1.17 bits per heavy atom. The van der Waals surface area contributed by atoms with Crippen molar-refractivity contribution in [1.29, 1.82) is 0 Å². The zero-order chi connectivity index (χ0) is 17.0. The number of sulfonamides is 1. The van der Waals surface area contributed by atoms with E-state index < -0.39 is 10.0 Å². The van der Waals surface area contributed by atoms with E-state index in [-0.39, 0.29) is 0 Å². The average molecular weight is 351 g/mol. The number of hydrogen-bond donors (Lipinski definition) is 1. The van der Waals surface area contributed by atoms with Gasteiger partial charge in [-0.1, -0.05) is 0 Å². The highest BCUT2D eigenvalue weighted by atomic mass is 32.2. The summed E-state index contributed by atoms with van der Waals surface area (Å²) in [5.41, 5.74) is 0. The van der Waals surface area contributed by atoms with E-state index in [1.807, 2.05) is 19.1 Å². The van der Waals surface area contributed by atoms with E-state index in [9.17, 15) is 8.42 Å². The zero-order valence-electron chi connectivity index (χ0n) is 13.8. The van der Waals surface area contributed by atoms with E-state index in [1.165, 1.54) is 4.90 Å². The molecule has 1 aliphatic heterocycles. The number of nitrogens with zero attached hydrogens (tertiary/aromatic N) is 1. The van der Waals surface area contributed by atoms with Crippen LogP contribution < -0.4 is 9.64 Å². The van der Waals surface area contributed by atoms with Gasteiger partial charge in [0.2, 0.25) is 10.0 Å². The van der Waals surface area contributed by atoms with Crippen LogP contribution in [-0.4, -0.2) is 45.5 Å². The molecule has 1 N–H and O–H groups in total. The summed E-state index contributed by atoms with van der Waals surface area (Å²) < 4.78 is 37.8. The molecule has 6 nitrogen and oxygen atoms in total. The largest absolute Gasteiger partial charge is 0.494 e. The Morgan fingerprint density at radius 2 is 1.88 bits per heavy atom. The third-order valence-electron chi connectivity index (χ3n) is 4.21. The molecule has 0 unspecified atom stereocenters. The lowest BCUT2D eigenvalue weighted by Gasteiger charge is -2.31. The maximum absolute atomic E-state index is 12.7. The Labute approximate surface area is 142 Å². The molecule has 3 rings (SSSR count). The van der Waals surface area contributed by atoms with Gasteiger partial charge >= 0.3 is 0 Å². The third kappa shape index (κ3) is 3.80. The van der Waals surface area contributed by atoms with Crippen LogP contribution in [0, 0.1) is 0 Å². The van der Waals surface area contributed by atoms with Gasteiger partial charge in [-0.25, -0.2) is 8.42 Å². The molecule has 2 aromatic rings. The van der Waals surface area contributed by atoms with Gasteiger partial charge in [-0.3, -0.25) is 0 Å². The van der Waals surface area contributed by atoms with Gasteiger partial charge in [0.1, 0.15) is 12.3 Å². The number of furan rings is 1. The predicted octanol–water partition coefficient (Wildman–Crippen LogP) is 0.768. The zero-order valence-corrected chi connectivity index (χ0v) is 14.6. The molecular weight excluding hydrogens is 328 g/mol. The van der Waals surface area contributed by atoms with Gasteiger partial charge in [0.15, 0.2) is 5.76 Å². The quantitative estimate of drug-likeness (QED) is 0.835. The Bertz CT molecular complexity index is 733. The number of ether oxygens (including phenoxy) is 1. The molecule has 0 aliphatic carbocycles. The molecule has 0 saturated carbocycles. The van der Waals surface area contributed by atoms with E-state index >= 15 is 0 Å². The maximum atomic E-state index is 12.7. The van der Waals surface area contributed by atoms with Crippen LogP contribution in [0.3, 0.4) is 0 Å². The first kappa shape index (κ1) is 17.0. The van der Waals surface area contributed by atoms with Gasteiger partial charge in [0, 0.05) is 0 Å². The van der Waals surface area contributed by atoms with Crippen LogP contribution in [-0.2, 0) is 16.6 Å². The standard InChI is InChI=1S/C17H22N2O4S/c1-2-22-15-5-7-17(8-6-15)24(20,21)19-11-9-18(10-12-19)14-16-4-3-13-23-16/h3-8,13H,2,9-12,14H2,1H3/p+1. The molecular formula is C17H23N2O4S+. The fraction of sp³-hybridized carbons (Fsp3) is 0.412. The van der Waals surface area contributed by atoms with Crippen LogP contribution in [0.4, 0.5) is 0 Å². The fourth-order valence-corrected chi connectivity index (χ4v) is 4.34. The summed E-state index contributed by atoms with van der Waals surface area (Å²) in [6.45, 7) is 5.84. The lowest BCUT2D eigenvalue weighted by atomic mass is 10.3. The number of quaternary nitrogens is 1. The van der Waals surface area contributed by atoms with Crippen LogP contribution >= 0.6 is 0 Å². The highest BCUT2D eigenvalue weighted by Gasteiger charge is 2.30. The lowest BCUT2D eigenvalue weighted by Crippen LogP contribution is -3.13. The van der Waals surface area contributed by atoms with E-state index in [0.29, 0.717) is 30.3 Å². The Kier molecular flexibility index (Phi) is 5.23. The normalized spacial score (nSPS) is 17.0. The summed E-state index contributed by atoms with van der Waals surface area (Å²) in [5, 5.41) is 0. The van der Waals surface area contributed by atoms with Crippen molar-refractivity contribution in [3.8, 4) is 5.75 Å². The summed E-state index contributed by atoms with van der Waals surface area (Å²) in [6, 6.07) is 10.5. The summed E-state index contributed by atoms with van der Waals surface area (Å²) >= 11 is 0. The summed E-state index contributed by atoms with van der Waals surface area (Å²) in [7, 11) is -3.44. The molecule has 0 bridgehead atoms. The van der Waals surface area contributed by atoms with Crippen LogP contribution in [0.5, 0.6) is 5.75 Å². The van der Waals surface area contributed by atoms with Gasteiger partial charge in [0.05, 0.1) is 43.9 Å². The first-order chi connectivity index (χ1) is 11.6. The van der Waals surface area contributed by atoms with Crippen LogP contribution in [0.2, 0.25) is 0 Å². The summed E-state index contributed by atoms with van der Waals surface area (Å²) in [4.78, 5) is 1.66. The van der Waals surface area contributed by atoms with E-state index in [2.05, 4.69) is 0 Å². The smallest absolute Gasteiger partial charge is 0.243 e. The molecule has 0 atom stereocenters. The number of piperazine rings is 1. The molecule has 0 amide bonds. The van der Waals surface area contributed by atoms with E-state index in [4.69, 9.17) is 9.15 Å². The number of nitrogens with one attached hydrogen (secondary N) is 1. The van der Waals surface area contributed by atoms with Crippen molar-refractivity contribution in [1.82, 2.24) is 4.31 Å². The fourth-order valence-electron chi connectivity index (χ4n) is 2.90. The van der Waals surface area contributed by atoms with Gasteiger partial charge in [0.25, 0.3) is 0 Å². The second-order valence-electron chi connectivity index (χ2n) is 5.81. The highest BCUT2D eigenvalue weighted by Crippen LogP contribution is 2.19. The van der Waals surface area contributed by atoms with Crippen molar-refractivity contribution in [3.63, 3.8) is 0 Å². The SMILES string of the molecule is CCOc1ccc(S(=O)(=O)N2CC[NH+](Cc3ccco3)CC2)cc1. The summed E-state index contributed by atoms with van der Waals surface area (Å²) in [5.74, 6) is 1.62. The maximum Gasteiger partial charge on any atom is 0.243 e. The lowest BCUT2D eigenvalue weighted by molar-refractivity contribution is -0.918. The van der Waals surface area contributed by atoms with Crippen LogP contribution in [0.15, 0.2) is 52.0 Å². The van der Waals surface area contributed by atoms with Gasteiger partial charge in [-0.15, -0.1) is 0 Å². The Balaban J connectivity index is 1.61. The van der Waals surface area contributed by atoms with Crippen molar-refractivity contribution in [2.24, 2.45) is 0 Å². The first-order valence-electron chi connectivity index (χ1n) is 8.18. The molecule has 1 fully saturated rings. The van der Waals surface area contributed by atoms with Crippen molar-refractivity contribution in [2.45, 2.75) is 18.4 Å². The molecule has 0 spiro atoms. The minimum absolute atomic E-state index is 0.320. The predicted molar refractivity (Wildman–Crippen MR) is 89.5 cm³/mol. The highest BCUT2D eigenvalue weighted by molar-refractivity contribution is 7.89.